The van der Waals surface area contributed by atoms with Gasteiger partial charge in [0.25, 0.3) is 5.91 Å². The third kappa shape index (κ3) is 10.0. The number of Topliss-reactive ketones (excluding diaryl/α,β-unsaturated/α-hetero) is 1. The predicted molar refractivity (Wildman–Crippen MR) is 175 cm³/mol. The topological polar surface area (TPSA) is 137 Å². The summed E-state index contributed by atoms with van der Waals surface area (Å²) in [4.78, 5) is 67.4. The van der Waals surface area contributed by atoms with E-state index in [4.69, 9.17) is 0 Å². The number of ketones is 1. The molecule has 4 rings (SSSR count). The molecule has 5 amide bonds. The average molecular weight is 622 g/mol. The predicted octanol–water partition coefficient (Wildman–Crippen LogP) is 3.74. The van der Waals surface area contributed by atoms with Gasteiger partial charge in [-0.15, -0.1) is 13.2 Å². The second kappa shape index (κ2) is 18.1. The molecule has 3 aliphatic rings. The standard InChI is InChI=1S/C32H43N5O5.C3H8/c1-3-5-15-25(28(38)30(40)33-17-4-2)35-29(39)26-16-10-18-37(26)31(41)27(36-32(42)34-24-13-8-9-14-24)23-19-21-11-6-7-12-22(21)20-23;1-3-2/h3-4,6-7,11-12,23-27H,1-2,5,8-10,13-20H2,(H,33,40)(H,35,39)(H2,34,36,42);3H2,1-2H3/t25?,26-,27-;/m0./s1. The molecule has 1 saturated heterocycles. The summed E-state index contributed by atoms with van der Waals surface area (Å²) in [5.41, 5.74) is 2.32. The number of fused-ring (bicyclic) bond motifs is 1. The van der Waals surface area contributed by atoms with Crippen molar-refractivity contribution in [2.45, 2.75) is 109 Å². The lowest BCUT2D eigenvalue weighted by atomic mass is 9.94. The molecule has 45 heavy (non-hydrogen) atoms. The van der Waals surface area contributed by atoms with Crippen molar-refractivity contribution < 1.29 is 24.0 Å². The first kappa shape index (κ1) is 35.5. The normalized spacial score (nSPS) is 18.9. The molecule has 1 aliphatic heterocycles. The van der Waals surface area contributed by atoms with E-state index >= 15 is 0 Å². The Morgan fingerprint density at radius 3 is 2.18 bits per heavy atom. The van der Waals surface area contributed by atoms with Gasteiger partial charge in [-0.2, -0.15) is 0 Å². The van der Waals surface area contributed by atoms with Gasteiger partial charge >= 0.3 is 6.03 Å². The molecule has 0 bridgehead atoms. The van der Waals surface area contributed by atoms with E-state index in [9.17, 15) is 24.0 Å². The first-order chi connectivity index (χ1) is 21.7. The first-order valence-electron chi connectivity index (χ1n) is 16.5. The fourth-order valence-corrected chi connectivity index (χ4v) is 6.36. The van der Waals surface area contributed by atoms with E-state index < -0.39 is 35.7 Å². The van der Waals surface area contributed by atoms with Crippen LogP contribution in [-0.2, 0) is 32.0 Å². The number of urea groups is 1. The summed E-state index contributed by atoms with van der Waals surface area (Å²) in [6.07, 6.45) is 11.3. The summed E-state index contributed by atoms with van der Waals surface area (Å²) in [5.74, 6) is -2.49. The average Bonchev–Trinajstić information content (AvgIpc) is 3.81. The number of carbonyl (C=O) groups is 5. The lowest BCUT2D eigenvalue weighted by Crippen LogP contribution is -2.59. The Hall–Kier alpha value is -3.95. The Bertz CT molecular complexity index is 1190. The Labute approximate surface area is 267 Å². The number of nitrogens with zero attached hydrogens (tertiary/aromatic N) is 1. The van der Waals surface area contributed by atoms with Gasteiger partial charge in [-0.25, -0.2) is 4.79 Å². The molecule has 3 atom stereocenters. The van der Waals surface area contributed by atoms with Crippen molar-refractivity contribution in [3.63, 3.8) is 0 Å². The fourth-order valence-electron chi connectivity index (χ4n) is 6.36. The molecule has 0 aromatic heterocycles. The molecular formula is C35H51N5O5. The molecule has 2 fully saturated rings. The van der Waals surface area contributed by atoms with Crippen molar-refractivity contribution >= 4 is 29.5 Å². The van der Waals surface area contributed by atoms with Crippen LogP contribution < -0.4 is 21.3 Å². The molecule has 1 aromatic carbocycles. The van der Waals surface area contributed by atoms with Crippen LogP contribution in [0.15, 0.2) is 49.6 Å². The molecular weight excluding hydrogens is 570 g/mol. The van der Waals surface area contributed by atoms with Crippen LogP contribution in [0.1, 0.15) is 82.8 Å². The first-order valence-corrected chi connectivity index (χ1v) is 16.5. The highest BCUT2D eigenvalue weighted by Crippen LogP contribution is 2.31. The molecule has 4 N–H and O–H groups in total. The van der Waals surface area contributed by atoms with Crippen LogP contribution in [0.4, 0.5) is 4.79 Å². The summed E-state index contributed by atoms with van der Waals surface area (Å²) < 4.78 is 0. The maximum Gasteiger partial charge on any atom is 0.315 e. The second-order valence-corrected chi connectivity index (χ2v) is 12.2. The Kier molecular flexibility index (Phi) is 14.3. The molecule has 1 unspecified atom stereocenters. The van der Waals surface area contributed by atoms with Gasteiger partial charge in [0.1, 0.15) is 12.1 Å². The third-order valence-electron chi connectivity index (χ3n) is 8.56. The highest BCUT2D eigenvalue weighted by molar-refractivity contribution is 6.38. The fraction of sp³-hybridized carbons (Fsp3) is 0.571. The Morgan fingerprint density at radius 2 is 1.58 bits per heavy atom. The number of hydrogen-bond acceptors (Lipinski definition) is 5. The van der Waals surface area contributed by atoms with Crippen LogP contribution in [-0.4, -0.2) is 71.7 Å². The van der Waals surface area contributed by atoms with Gasteiger partial charge < -0.3 is 26.2 Å². The molecule has 2 aliphatic carbocycles. The van der Waals surface area contributed by atoms with Crippen LogP contribution in [0.2, 0.25) is 0 Å². The third-order valence-corrected chi connectivity index (χ3v) is 8.56. The van der Waals surface area contributed by atoms with Crippen molar-refractivity contribution in [1.82, 2.24) is 26.2 Å². The molecule has 1 heterocycles. The van der Waals surface area contributed by atoms with Crippen molar-refractivity contribution in [1.29, 1.82) is 0 Å². The molecule has 10 heteroatoms. The number of benzene rings is 1. The van der Waals surface area contributed by atoms with Gasteiger partial charge in [-0.05, 0) is 68.4 Å². The van der Waals surface area contributed by atoms with Crippen LogP contribution in [0.25, 0.3) is 0 Å². The van der Waals surface area contributed by atoms with Crippen molar-refractivity contribution in [3.8, 4) is 0 Å². The quantitative estimate of drug-likeness (QED) is 0.197. The summed E-state index contributed by atoms with van der Waals surface area (Å²) in [5, 5.41) is 11.2. The number of allylic oxidation sites excluding steroid dienone is 1. The minimum absolute atomic E-state index is 0.0977. The van der Waals surface area contributed by atoms with Crippen LogP contribution in [0, 0.1) is 5.92 Å². The van der Waals surface area contributed by atoms with Crippen LogP contribution >= 0.6 is 0 Å². The van der Waals surface area contributed by atoms with Crippen LogP contribution in [0.3, 0.4) is 0 Å². The van der Waals surface area contributed by atoms with Gasteiger partial charge in [0.15, 0.2) is 0 Å². The van der Waals surface area contributed by atoms with E-state index in [1.165, 1.54) is 17.4 Å². The van der Waals surface area contributed by atoms with E-state index in [-0.39, 0.29) is 36.9 Å². The minimum Gasteiger partial charge on any atom is -0.346 e. The summed E-state index contributed by atoms with van der Waals surface area (Å²) in [7, 11) is 0. The number of nitrogens with one attached hydrogen (secondary N) is 4. The summed E-state index contributed by atoms with van der Waals surface area (Å²) in [6, 6.07) is 5.11. The van der Waals surface area contributed by atoms with E-state index in [1.807, 2.05) is 24.3 Å². The molecule has 0 radical (unpaired) electrons. The zero-order valence-electron chi connectivity index (χ0n) is 26.9. The van der Waals surface area contributed by atoms with Crippen LogP contribution in [0.5, 0.6) is 0 Å². The van der Waals surface area contributed by atoms with Gasteiger partial charge in [0.05, 0.1) is 6.04 Å². The SMILES string of the molecule is C=CCCC(NC(=O)[C@@H]1CCCN1C(=O)[C@@H](NC(=O)NC1CCCC1)C1Cc2ccccc2C1)C(=O)C(=O)NCC=C.CCC. The van der Waals surface area contributed by atoms with Crippen molar-refractivity contribution in [3.05, 3.63) is 60.7 Å². The van der Waals surface area contributed by atoms with Crippen molar-refractivity contribution in [2.24, 2.45) is 5.92 Å². The van der Waals surface area contributed by atoms with Gasteiger partial charge in [0.2, 0.25) is 17.6 Å². The molecule has 1 saturated carbocycles. The lowest BCUT2D eigenvalue weighted by molar-refractivity contribution is -0.143. The molecule has 246 valence electrons. The number of likely N-dealkylation sites (tertiary alicyclic amines) is 1. The smallest absolute Gasteiger partial charge is 0.315 e. The molecule has 10 nitrogen and oxygen atoms in total. The number of rotatable bonds is 13. The van der Waals surface area contributed by atoms with E-state index in [2.05, 4.69) is 48.3 Å². The number of hydrogen-bond donors (Lipinski definition) is 4. The zero-order valence-corrected chi connectivity index (χ0v) is 26.9. The summed E-state index contributed by atoms with van der Waals surface area (Å²) >= 11 is 0. The van der Waals surface area contributed by atoms with E-state index in [1.54, 1.807) is 6.08 Å². The highest BCUT2D eigenvalue weighted by atomic mass is 16.2. The lowest BCUT2D eigenvalue weighted by Gasteiger charge is -2.32. The molecule has 0 spiro atoms. The number of amides is 5. The minimum atomic E-state index is -1.05. The Balaban J connectivity index is 0.00000177. The maximum absolute atomic E-state index is 14.1. The van der Waals surface area contributed by atoms with Gasteiger partial charge in [-0.1, -0.05) is 69.5 Å². The second-order valence-electron chi connectivity index (χ2n) is 12.2. The zero-order chi connectivity index (χ0) is 32.8. The van der Waals surface area contributed by atoms with Gasteiger partial charge in [-0.3, -0.25) is 19.2 Å². The number of carbonyl (C=O) groups excluding carboxylic acids is 5. The van der Waals surface area contributed by atoms with Crippen molar-refractivity contribution in [2.75, 3.05) is 13.1 Å². The van der Waals surface area contributed by atoms with Gasteiger partial charge in [0, 0.05) is 19.1 Å². The largest absolute Gasteiger partial charge is 0.346 e. The van der Waals surface area contributed by atoms with E-state index in [0.29, 0.717) is 38.6 Å². The van der Waals surface area contributed by atoms with E-state index in [0.717, 1.165) is 36.8 Å². The molecule has 1 aromatic rings. The maximum atomic E-state index is 14.1. The summed E-state index contributed by atoms with van der Waals surface area (Å²) in [6.45, 7) is 12.0. The monoisotopic (exact) mass is 621 g/mol. The Morgan fingerprint density at radius 1 is 0.933 bits per heavy atom. The highest BCUT2D eigenvalue weighted by Gasteiger charge is 2.43.